The van der Waals surface area contributed by atoms with Gasteiger partial charge in [0, 0.05) is 4.47 Å². The molecule has 26 heavy (non-hydrogen) atoms. The summed E-state index contributed by atoms with van der Waals surface area (Å²) in [4.78, 5) is 11.9. The summed E-state index contributed by atoms with van der Waals surface area (Å²) in [6, 6.07) is 7.41. The molecule has 0 aliphatic heterocycles. The van der Waals surface area contributed by atoms with Crippen LogP contribution in [0.3, 0.4) is 0 Å². The highest BCUT2D eigenvalue weighted by Crippen LogP contribution is 2.17. The number of hydrogen-bond acceptors (Lipinski definition) is 2. The molecule has 1 rings (SSSR count). The van der Waals surface area contributed by atoms with Crippen LogP contribution < -0.4 is 0 Å². The van der Waals surface area contributed by atoms with Crippen molar-refractivity contribution in [3.8, 4) is 0 Å². The predicted octanol–water partition coefficient (Wildman–Crippen LogP) is 8.09. The van der Waals surface area contributed by atoms with Crippen molar-refractivity contribution in [1.82, 2.24) is 0 Å². The second-order valence-corrected chi connectivity index (χ2v) is 8.07. The van der Waals surface area contributed by atoms with E-state index in [-0.39, 0.29) is 5.97 Å². The van der Waals surface area contributed by atoms with Gasteiger partial charge in [0.1, 0.15) is 0 Å². The molecular formula is C23H37BrO2. The summed E-state index contributed by atoms with van der Waals surface area (Å²) in [7, 11) is 0. The minimum atomic E-state index is -0.229. The number of hydrogen-bond donors (Lipinski definition) is 0. The van der Waals surface area contributed by atoms with Crippen molar-refractivity contribution in [2.75, 3.05) is 6.61 Å². The first kappa shape index (κ1) is 23.2. The Morgan fingerprint density at radius 1 is 0.769 bits per heavy atom. The van der Waals surface area contributed by atoms with Crippen molar-refractivity contribution >= 4 is 21.9 Å². The number of esters is 1. The Balaban J connectivity index is 1.84. The molecule has 1 aromatic carbocycles. The number of carbonyl (C=O) groups excluding carboxylic acids is 1. The van der Waals surface area contributed by atoms with Crippen molar-refractivity contribution in [3.05, 3.63) is 34.3 Å². The zero-order valence-corrected chi connectivity index (χ0v) is 18.2. The van der Waals surface area contributed by atoms with E-state index in [4.69, 9.17) is 4.74 Å². The molecule has 0 aliphatic carbocycles. The molecule has 0 fully saturated rings. The summed E-state index contributed by atoms with van der Waals surface area (Å²) in [6.07, 6.45) is 18.7. The molecular weight excluding hydrogens is 388 g/mol. The number of rotatable bonds is 16. The van der Waals surface area contributed by atoms with E-state index in [1.54, 1.807) is 6.07 Å². The molecule has 0 saturated carbocycles. The van der Waals surface area contributed by atoms with Gasteiger partial charge in [0.25, 0.3) is 0 Å². The minimum Gasteiger partial charge on any atom is -0.462 e. The predicted molar refractivity (Wildman–Crippen MR) is 115 cm³/mol. The van der Waals surface area contributed by atoms with Crippen LogP contribution in [0.25, 0.3) is 0 Å². The van der Waals surface area contributed by atoms with Crippen molar-refractivity contribution in [2.45, 2.75) is 96.8 Å². The van der Waals surface area contributed by atoms with Gasteiger partial charge in [-0.05, 0) is 34.5 Å². The zero-order chi connectivity index (χ0) is 18.9. The van der Waals surface area contributed by atoms with Crippen LogP contribution in [0.5, 0.6) is 0 Å². The van der Waals surface area contributed by atoms with Crippen molar-refractivity contribution in [1.29, 1.82) is 0 Å². The largest absolute Gasteiger partial charge is 0.462 e. The Morgan fingerprint density at radius 3 is 1.73 bits per heavy atom. The summed E-state index contributed by atoms with van der Waals surface area (Å²) >= 11 is 3.38. The van der Waals surface area contributed by atoms with E-state index < -0.39 is 0 Å². The molecule has 0 radical (unpaired) electrons. The average Bonchev–Trinajstić information content (AvgIpc) is 2.65. The van der Waals surface area contributed by atoms with Crippen LogP contribution in [0, 0.1) is 0 Å². The SMILES string of the molecule is CCCCCCCCCCCCCCCCOC(=O)c1ccccc1Br. The van der Waals surface area contributed by atoms with Gasteiger partial charge in [0.15, 0.2) is 0 Å². The highest BCUT2D eigenvalue weighted by Gasteiger charge is 2.09. The second kappa shape index (κ2) is 16.4. The summed E-state index contributed by atoms with van der Waals surface area (Å²) < 4.78 is 6.14. The molecule has 0 saturated heterocycles. The molecule has 0 heterocycles. The highest BCUT2D eigenvalue weighted by atomic mass is 79.9. The normalized spacial score (nSPS) is 10.8. The van der Waals surface area contributed by atoms with E-state index >= 15 is 0 Å². The number of carbonyl (C=O) groups is 1. The van der Waals surface area contributed by atoms with Crippen LogP contribution in [-0.2, 0) is 4.74 Å². The smallest absolute Gasteiger partial charge is 0.339 e. The fourth-order valence-corrected chi connectivity index (χ4v) is 3.61. The maximum Gasteiger partial charge on any atom is 0.339 e. The van der Waals surface area contributed by atoms with Crippen LogP contribution >= 0.6 is 15.9 Å². The van der Waals surface area contributed by atoms with Gasteiger partial charge in [-0.15, -0.1) is 0 Å². The summed E-state index contributed by atoms with van der Waals surface area (Å²) in [5, 5.41) is 0. The lowest BCUT2D eigenvalue weighted by atomic mass is 10.0. The fraction of sp³-hybridized carbons (Fsp3) is 0.696. The van der Waals surface area contributed by atoms with E-state index in [0.717, 1.165) is 17.3 Å². The van der Waals surface area contributed by atoms with Gasteiger partial charge in [0.05, 0.1) is 12.2 Å². The molecule has 148 valence electrons. The van der Waals surface area contributed by atoms with E-state index in [1.165, 1.54) is 77.0 Å². The van der Waals surface area contributed by atoms with E-state index in [0.29, 0.717) is 12.2 Å². The summed E-state index contributed by atoms with van der Waals surface area (Å²) in [5.74, 6) is -0.229. The third-order valence-corrected chi connectivity index (χ3v) is 5.52. The molecule has 0 atom stereocenters. The molecule has 0 aromatic heterocycles. The molecule has 0 N–H and O–H groups in total. The van der Waals surface area contributed by atoms with Crippen LogP contribution in [0.15, 0.2) is 28.7 Å². The van der Waals surface area contributed by atoms with Crippen LogP contribution in [0.1, 0.15) is 107 Å². The highest BCUT2D eigenvalue weighted by molar-refractivity contribution is 9.10. The van der Waals surface area contributed by atoms with E-state index in [9.17, 15) is 4.79 Å². The Labute approximate surface area is 169 Å². The Hall–Kier alpha value is -0.830. The standard InChI is InChI=1S/C23H37BrO2/c1-2-3-4-5-6-7-8-9-10-11-12-13-14-17-20-26-23(25)21-18-15-16-19-22(21)24/h15-16,18-19H,2-14,17,20H2,1H3. The van der Waals surface area contributed by atoms with Crippen molar-refractivity contribution in [2.24, 2.45) is 0 Å². The molecule has 0 aliphatic rings. The molecule has 0 spiro atoms. The summed E-state index contributed by atoms with van der Waals surface area (Å²) in [6.45, 7) is 2.80. The first-order chi connectivity index (χ1) is 12.8. The number of halogens is 1. The Morgan fingerprint density at radius 2 is 1.23 bits per heavy atom. The van der Waals surface area contributed by atoms with Gasteiger partial charge >= 0.3 is 5.97 Å². The lowest BCUT2D eigenvalue weighted by molar-refractivity contribution is 0.0496. The minimum absolute atomic E-state index is 0.229. The Bertz CT molecular complexity index is 473. The average molecular weight is 425 g/mol. The third kappa shape index (κ3) is 11.7. The lowest BCUT2D eigenvalue weighted by Crippen LogP contribution is -2.07. The van der Waals surface area contributed by atoms with Gasteiger partial charge in [-0.25, -0.2) is 4.79 Å². The third-order valence-electron chi connectivity index (χ3n) is 4.82. The quantitative estimate of drug-likeness (QED) is 0.198. The molecule has 0 bridgehead atoms. The Kier molecular flexibility index (Phi) is 14.6. The van der Waals surface area contributed by atoms with E-state index in [2.05, 4.69) is 22.9 Å². The van der Waals surface area contributed by atoms with Crippen molar-refractivity contribution < 1.29 is 9.53 Å². The number of unbranched alkanes of at least 4 members (excludes halogenated alkanes) is 13. The van der Waals surface area contributed by atoms with E-state index in [1.807, 2.05) is 18.2 Å². The van der Waals surface area contributed by atoms with Gasteiger partial charge < -0.3 is 4.74 Å². The van der Waals surface area contributed by atoms with Crippen molar-refractivity contribution in [3.63, 3.8) is 0 Å². The topological polar surface area (TPSA) is 26.3 Å². The molecule has 1 aromatic rings. The molecule has 0 amide bonds. The lowest BCUT2D eigenvalue weighted by Gasteiger charge is -2.06. The first-order valence-electron chi connectivity index (χ1n) is 10.7. The fourth-order valence-electron chi connectivity index (χ4n) is 3.17. The monoisotopic (exact) mass is 424 g/mol. The van der Waals surface area contributed by atoms with Gasteiger partial charge in [-0.2, -0.15) is 0 Å². The second-order valence-electron chi connectivity index (χ2n) is 7.21. The zero-order valence-electron chi connectivity index (χ0n) is 16.6. The summed E-state index contributed by atoms with van der Waals surface area (Å²) in [5.41, 5.74) is 0.609. The molecule has 2 nitrogen and oxygen atoms in total. The molecule has 3 heteroatoms. The van der Waals surface area contributed by atoms with Crippen LogP contribution in [0.4, 0.5) is 0 Å². The maximum absolute atomic E-state index is 11.9. The van der Waals surface area contributed by atoms with Crippen LogP contribution in [0.2, 0.25) is 0 Å². The van der Waals surface area contributed by atoms with Gasteiger partial charge in [-0.1, -0.05) is 103 Å². The molecule has 0 unspecified atom stereocenters. The maximum atomic E-state index is 11.9. The number of benzene rings is 1. The number of ether oxygens (including phenoxy) is 1. The van der Waals surface area contributed by atoms with Gasteiger partial charge in [-0.3, -0.25) is 0 Å². The van der Waals surface area contributed by atoms with Gasteiger partial charge in [0.2, 0.25) is 0 Å². The first-order valence-corrected chi connectivity index (χ1v) is 11.5. The van der Waals surface area contributed by atoms with Crippen LogP contribution in [-0.4, -0.2) is 12.6 Å².